The van der Waals surface area contributed by atoms with Crippen molar-refractivity contribution in [2.45, 2.75) is 24.7 Å². The lowest BCUT2D eigenvalue weighted by atomic mass is 10.1. The predicted octanol–water partition coefficient (Wildman–Crippen LogP) is 4.42. The predicted molar refractivity (Wildman–Crippen MR) is 129 cm³/mol. The standard InChI is InChI=1S/C25H25N3O4S/c1-17-11-14-20(26-24(29)18-12-13-18)16-23(17)27-25(30)19-7-6-10-22(15-19)33(31,32)28(2)21-8-4-3-5-9-21/h3-11,14-16,18H,12-13H2,1-2H3,(H,26,29)(H,27,30). The van der Waals surface area contributed by atoms with E-state index < -0.39 is 15.9 Å². The quantitative estimate of drug-likeness (QED) is 0.542. The lowest BCUT2D eigenvalue weighted by Crippen LogP contribution is -2.26. The summed E-state index contributed by atoms with van der Waals surface area (Å²) < 4.78 is 27.3. The Bertz CT molecular complexity index is 1300. The molecule has 0 heterocycles. The Hall–Kier alpha value is -3.65. The van der Waals surface area contributed by atoms with E-state index in [1.54, 1.807) is 48.5 Å². The van der Waals surface area contributed by atoms with Gasteiger partial charge in [0.05, 0.1) is 10.6 Å². The fourth-order valence-electron chi connectivity index (χ4n) is 3.35. The molecule has 33 heavy (non-hydrogen) atoms. The highest BCUT2D eigenvalue weighted by Crippen LogP contribution is 2.31. The highest BCUT2D eigenvalue weighted by Gasteiger charge is 2.29. The van der Waals surface area contributed by atoms with Crippen LogP contribution in [0.2, 0.25) is 0 Å². The Balaban J connectivity index is 1.54. The van der Waals surface area contributed by atoms with Crippen molar-refractivity contribution in [2.75, 3.05) is 22.0 Å². The molecule has 3 aromatic rings. The number of benzene rings is 3. The topological polar surface area (TPSA) is 95.6 Å². The molecule has 0 aliphatic heterocycles. The van der Waals surface area contributed by atoms with Crippen molar-refractivity contribution in [2.24, 2.45) is 5.92 Å². The Morgan fingerprint density at radius 3 is 2.33 bits per heavy atom. The van der Waals surface area contributed by atoms with E-state index >= 15 is 0 Å². The van der Waals surface area contributed by atoms with E-state index in [1.165, 1.54) is 23.5 Å². The van der Waals surface area contributed by atoms with Crippen LogP contribution < -0.4 is 14.9 Å². The van der Waals surface area contributed by atoms with Crippen molar-refractivity contribution < 1.29 is 18.0 Å². The molecule has 0 spiro atoms. The number of anilines is 3. The molecule has 3 aromatic carbocycles. The number of nitrogens with one attached hydrogen (secondary N) is 2. The van der Waals surface area contributed by atoms with Crippen LogP contribution in [0.3, 0.4) is 0 Å². The number of carbonyl (C=O) groups is 2. The number of aryl methyl sites for hydroxylation is 1. The van der Waals surface area contributed by atoms with E-state index in [1.807, 2.05) is 19.1 Å². The first kappa shape index (κ1) is 22.5. The second-order valence-electron chi connectivity index (χ2n) is 8.08. The Labute approximate surface area is 193 Å². The Morgan fingerprint density at radius 1 is 0.909 bits per heavy atom. The minimum Gasteiger partial charge on any atom is -0.326 e. The molecule has 4 rings (SSSR count). The third kappa shape index (κ3) is 5.06. The number of amides is 2. The first-order chi connectivity index (χ1) is 15.8. The van der Waals surface area contributed by atoms with Gasteiger partial charge in [-0.25, -0.2) is 8.42 Å². The molecule has 170 valence electrons. The maximum absolute atomic E-state index is 13.1. The highest BCUT2D eigenvalue weighted by molar-refractivity contribution is 7.92. The van der Waals surface area contributed by atoms with Crippen LogP contribution in [-0.4, -0.2) is 27.3 Å². The molecule has 8 heteroatoms. The van der Waals surface area contributed by atoms with Gasteiger partial charge >= 0.3 is 0 Å². The van der Waals surface area contributed by atoms with E-state index in [-0.39, 0.29) is 22.3 Å². The van der Waals surface area contributed by atoms with Crippen molar-refractivity contribution in [3.63, 3.8) is 0 Å². The van der Waals surface area contributed by atoms with Gasteiger partial charge in [0, 0.05) is 29.9 Å². The Morgan fingerprint density at radius 2 is 1.64 bits per heavy atom. The molecule has 1 fully saturated rings. The number of nitrogens with zero attached hydrogens (tertiary/aromatic N) is 1. The third-order valence-electron chi connectivity index (χ3n) is 5.58. The zero-order chi connectivity index (χ0) is 23.6. The number of carbonyl (C=O) groups excluding carboxylic acids is 2. The lowest BCUT2D eigenvalue weighted by molar-refractivity contribution is -0.117. The van der Waals surface area contributed by atoms with E-state index in [4.69, 9.17) is 0 Å². The van der Waals surface area contributed by atoms with E-state index in [0.717, 1.165) is 18.4 Å². The van der Waals surface area contributed by atoms with Crippen molar-refractivity contribution in [3.05, 3.63) is 83.9 Å². The number of para-hydroxylation sites is 1. The largest absolute Gasteiger partial charge is 0.326 e. The molecule has 2 N–H and O–H groups in total. The average molecular weight is 464 g/mol. The molecular formula is C25H25N3O4S. The van der Waals surface area contributed by atoms with Crippen molar-refractivity contribution in [1.29, 1.82) is 0 Å². The van der Waals surface area contributed by atoms with Crippen LogP contribution in [0.25, 0.3) is 0 Å². The fourth-order valence-corrected chi connectivity index (χ4v) is 4.59. The number of hydrogen-bond acceptors (Lipinski definition) is 4. The zero-order valence-corrected chi connectivity index (χ0v) is 19.2. The van der Waals surface area contributed by atoms with Crippen LogP contribution in [-0.2, 0) is 14.8 Å². The minimum atomic E-state index is -3.85. The molecule has 0 bridgehead atoms. The summed E-state index contributed by atoms with van der Waals surface area (Å²) in [5.41, 5.74) is 2.70. The van der Waals surface area contributed by atoms with Crippen LogP contribution >= 0.6 is 0 Å². The smallest absolute Gasteiger partial charge is 0.264 e. The molecule has 2 amide bonds. The molecule has 1 aliphatic carbocycles. The summed E-state index contributed by atoms with van der Waals surface area (Å²) in [6.45, 7) is 1.85. The first-order valence-corrected chi connectivity index (χ1v) is 12.1. The Kier molecular flexibility index (Phi) is 6.20. The second kappa shape index (κ2) is 9.07. The number of rotatable bonds is 7. The average Bonchev–Trinajstić information content (AvgIpc) is 3.67. The van der Waals surface area contributed by atoms with Crippen LogP contribution in [0.15, 0.2) is 77.7 Å². The van der Waals surface area contributed by atoms with Gasteiger partial charge in [0.25, 0.3) is 15.9 Å². The minimum absolute atomic E-state index is 0.0171. The van der Waals surface area contributed by atoms with E-state index in [0.29, 0.717) is 17.1 Å². The number of hydrogen-bond donors (Lipinski definition) is 2. The highest BCUT2D eigenvalue weighted by atomic mass is 32.2. The molecule has 7 nitrogen and oxygen atoms in total. The monoisotopic (exact) mass is 463 g/mol. The molecule has 0 aromatic heterocycles. The summed E-state index contributed by atoms with van der Waals surface area (Å²) in [7, 11) is -2.37. The second-order valence-corrected chi connectivity index (χ2v) is 10.1. The van der Waals surface area contributed by atoms with Gasteiger partial charge in [0.2, 0.25) is 5.91 Å². The summed E-state index contributed by atoms with van der Waals surface area (Å²) in [6, 6.07) is 20.0. The van der Waals surface area contributed by atoms with Gasteiger partial charge < -0.3 is 10.6 Å². The summed E-state index contributed by atoms with van der Waals surface area (Å²) in [5.74, 6) is -0.386. The SMILES string of the molecule is Cc1ccc(NC(=O)C2CC2)cc1NC(=O)c1cccc(S(=O)(=O)N(C)c2ccccc2)c1. The van der Waals surface area contributed by atoms with Gasteiger partial charge in [-0.15, -0.1) is 0 Å². The van der Waals surface area contributed by atoms with Crippen LogP contribution in [0.4, 0.5) is 17.1 Å². The fraction of sp³-hybridized carbons (Fsp3) is 0.200. The van der Waals surface area contributed by atoms with Gasteiger partial charge in [-0.3, -0.25) is 13.9 Å². The zero-order valence-electron chi connectivity index (χ0n) is 18.4. The third-order valence-corrected chi connectivity index (χ3v) is 7.36. The van der Waals surface area contributed by atoms with E-state index in [2.05, 4.69) is 10.6 Å². The maximum Gasteiger partial charge on any atom is 0.264 e. The molecule has 1 saturated carbocycles. The van der Waals surface area contributed by atoms with Crippen LogP contribution in [0.1, 0.15) is 28.8 Å². The summed E-state index contributed by atoms with van der Waals surface area (Å²) in [4.78, 5) is 25.0. The molecule has 0 unspecified atom stereocenters. The normalized spacial score (nSPS) is 13.3. The van der Waals surface area contributed by atoms with Crippen LogP contribution in [0.5, 0.6) is 0 Å². The van der Waals surface area contributed by atoms with Crippen molar-refractivity contribution >= 4 is 38.9 Å². The lowest BCUT2D eigenvalue weighted by Gasteiger charge is -2.19. The van der Waals surface area contributed by atoms with Gasteiger partial charge in [0.15, 0.2) is 0 Å². The molecule has 0 radical (unpaired) electrons. The molecule has 0 saturated heterocycles. The van der Waals surface area contributed by atoms with Gasteiger partial charge in [-0.05, 0) is 67.8 Å². The van der Waals surface area contributed by atoms with Crippen molar-refractivity contribution in [1.82, 2.24) is 0 Å². The molecular weight excluding hydrogens is 438 g/mol. The summed E-state index contributed by atoms with van der Waals surface area (Å²) in [5, 5.41) is 5.69. The summed E-state index contributed by atoms with van der Waals surface area (Å²) >= 11 is 0. The summed E-state index contributed by atoms with van der Waals surface area (Å²) in [6.07, 6.45) is 1.81. The number of sulfonamides is 1. The van der Waals surface area contributed by atoms with Gasteiger partial charge in [-0.1, -0.05) is 30.3 Å². The maximum atomic E-state index is 13.1. The van der Waals surface area contributed by atoms with E-state index in [9.17, 15) is 18.0 Å². The first-order valence-electron chi connectivity index (χ1n) is 10.6. The van der Waals surface area contributed by atoms with Gasteiger partial charge in [0.1, 0.15) is 0 Å². The van der Waals surface area contributed by atoms with Gasteiger partial charge in [-0.2, -0.15) is 0 Å². The molecule has 1 aliphatic rings. The van der Waals surface area contributed by atoms with Crippen LogP contribution in [0, 0.1) is 12.8 Å². The molecule has 0 atom stereocenters. The van der Waals surface area contributed by atoms with Crippen molar-refractivity contribution in [3.8, 4) is 0 Å².